The SMILES string of the molecule is CCOc1ncc(-c2nc(C(F)(F)F)sc2N2CCN(C(=O)Cn3cnc(COC)n3)[C@H](C)C2)cn1. The van der Waals surface area contributed by atoms with E-state index < -0.39 is 11.2 Å². The van der Waals surface area contributed by atoms with Crippen LogP contribution in [0, 0.1) is 0 Å². The number of hydrogen-bond donors (Lipinski definition) is 0. The Kier molecular flexibility index (Phi) is 7.68. The van der Waals surface area contributed by atoms with Crippen LogP contribution < -0.4 is 9.64 Å². The molecule has 0 aliphatic carbocycles. The van der Waals surface area contributed by atoms with Gasteiger partial charge in [-0.1, -0.05) is 11.3 Å². The van der Waals surface area contributed by atoms with Crippen LogP contribution in [0.1, 0.15) is 24.7 Å². The van der Waals surface area contributed by atoms with E-state index in [2.05, 4.69) is 25.0 Å². The number of rotatable bonds is 8. The van der Waals surface area contributed by atoms with Crippen molar-refractivity contribution in [2.24, 2.45) is 0 Å². The third-order valence-corrected chi connectivity index (χ3v) is 6.58. The number of methoxy groups -OCH3 is 1. The lowest BCUT2D eigenvalue weighted by Crippen LogP contribution is -2.54. The number of amides is 1. The van der Waals surface area contributed by atoms with Crippen molar-refractivity contribution in [3.8, 4) is 17.3 Å². The number of carbonyl (C=O) groups is 1. The largest absolute Gasteiger partial charge is 0.464 e. The Morgan fingerprint density at radius 3 is 2.61 bits per heavy atom. The third kappa shape index (κ3) is 5.73. The van der Waals surface area contributed by atoms with Crippen molar-refractivity contribution < 1.29 is 27.4 Å². The maximum atomic E-state index is 13.5. The van der Waals surface area contributed by atoms with Crippen LogP contribution in [-0.2, 0) is 28.9 Å². The zero-order valence-electron chi connectivity index (χ0n) is 19.9. The van der Waals surface area contributed by atoms with Crippen molar-refractivity contribution in [3.63, 3.8) is 0 Å². The normalized spacial score (nSPS) is 16.4. The molecule has 0 bridgehead atoms. The molecule has 0 unspecified atom stereocenters. The quantitative estimate of drug-likeness (QED) is 0.437. The fraction of sp³-hybridized carbons (Fsp3) is 0.524. The van der Waals surface area contributed by atoms with Crippen LogP contribution in [0.15, 0.2) is 18.7 Å². The van der Waals surface area contributed by atoms with Gasteiger partial charge in [-0.15, -0.1) is 0 Å². The van der Waals surface area contributed by atoms with Gasteiger partial charge in [0, 0.05) is 50.7 Å². The number of anilines is 1. The van der Waals surface area contributed by atoms with Gasteiger partial charge in [0.1, 0.15) is 30.2 Å². The Balaban J connectivity index is 1.51. The first-order valence-corrected chi connectivity index (χ1v) is 12.0. The van der Waals surface area contributed by atoms with E-state index in [0.717, 1.165) is 0 Å². The summed E-state index contributed by atoms with van der Waals surface area (Å²) >= 11 is 0.569. The maximum absolute atomic E-state index is 13.5. The molecule has 1 amide bonds. The highest BCUT2D eigenvalue weighted by Crippen LogP contribution is 2.43. The highest BCUT2D eigenvalue weighted by molar-refractivity contribution is 7.16. The predicted molar refractivity (Wildman–Crippen MR) is 123 cm³/mol. The molecule has 3 aromatic heterocycles. The van der Waals surface area contributed by atoms with Crippen molar-refractivity contribution in [1.82, 2.24) is 34.6 Å². The van der Waals surface area contributed by atoms with Gasteiger partial charge in [0.15, 0.2) is 5.82 Å². The molecule has 194 valence electrons. The van der Waals surface area contributed by atoms with Gasteiger partial charge in [-0.2, -0.15) is 18.3 Å². The number of piperazine rings is 1. The van der Waals surface area contributed by atoms with Gasteiger partial charge in [-0.3, -0.25) is 4.79 Å². The predicted octanol–water partition coefficient (Wildman–Crippen LogP) is 2.49. The Morgan fingerprint density at radius 2 is 1.97 bits per heavy atom. The zero-order chi connectivity index (χ0) is 25.9. The second kappa shape index (κ2) is 10.7. The first-order chi connectivity index (χ1) is 17.2. The minimum absolute atomic E-state index is 0.00853. The number of ether oxygens (including phenoxy) is 2. The first kappa shape index (κ1) is 25.8. The molecule has 0 saturated carbocycles. The van der Waals surface area contributed by atoms with Gasteiger partial charge in [0.2, 0.25) is 10.9 Å². The lowest BCUT2D eigenvalue weighted by molar-refractivity contribution is -0.137. The maximum Gasteiger partial charge on any atom is 0.443 e. The Hall–Kier alpha value is -3.33. The van der Waals surface area contributed by atoms with E-state index in [4.69, 9.17) is 9.47 Å². The van der Waals surface area contributed by atoms with E-state index in [1.54, 1.807) is 11.8 Å². The number of carbonyl (C=O) groups excluding carboxylic acids is 1. The van der Waals surface area contributed by atoms with Gasteiger partial charge < -0.3 is 19.3 Å². The van der Waals surface area contributed by atoms with Crippen molar-refractivity contribution in [2.75, 3.05) is 38.3 Å². The molecule has 0 radical (unpaired) electrons. The topological polar surface area (TPSA) is 111 Å². The van der Waals surface area contributed by atoms with E-state index >= 15 is 0 Å². The standard InChI is InChI=1S/C21H25F3N8O3S/c1-4-35-20-25-7-14(8-26-20)17-18(36-19(28-17)21(22,23)24)30-5-6-32(13(2)9-30)16(33)10-31-12-27-15(29-31)11-34-3/h7-8,12-13H,4-6,9-11H2,1-3H3/t13-/m1/s1. The molecule has 1 aliphatic heterocycles. The van der Waals surface area contributed by atoms with Gasteiger partial charge in [-0.05, 0) is 13.8 Å². The molecular formula is C21H25F3N8O3S. The minimum atomic E-state index is -4.59. The second-order valence-electron chi connectivity index (χ2n) is 8.03. The average molecular weight is 527 g/mol. The monoisotopic (exact) mass is 526 g/mol. The average Bonchev–Trinajstić information content (AvgIpc) is 3.47. The van der Waals surface area contributed by atoms with Gasteiger partial charge in [0.05, 0.1) is 6.61 Å². The summed E-state index contributed by atoms with van der Waals surface area (Å²) in [4.78, 5) is 32.5. The summed E-state index contributed by atoms with van der Waals surface area (Å²) in [6, 6.07) is -0.120. The van der Waals surface area contributed by atoms with Crippen LogP contribution in [0.5, 0.6) is 6.01 Å². The lowest BCUT2D eigenvalue weighted by Gasteiger charge is -2.40. The number of aromatic nitrogens is 6. The van der Waals surface area contributed by atoms with Crippen molar-refractivity contribution in [3.05, 3.63) is 29.6 Å². The number of alkyl halides is 3. The molecule has 1 fully saturated rings. The molecule has 0 spiro atoms. The zero-order valence-corrected chi connectivity index (χ0v) is 20.7. The number of nitrogens with zero attached hydrogens (tertiary/aromatic N) is 8. The van der Waals surface area contributed by atoms with Crippen molar-refractivity contribution in [2.45, 2.75) is 39.2 Å². The number of thiazole rings is 1. The van der Waals surface area contributed by atoms with Crippen LogP contribution >= 0.6 is 11.3 Å². The van der Waals surface area contributed by atoms with Gasteiger partial charge >= 0.3 is 12.2 Å². The van der Waals surface area contributed by atoms with Crippen LogP contribution in [0.2, 0.25) is 0 Å². The van der Waals surface area contributed by atoms with Crippen molar-refractivity contribution >= 4 is 22.2 Å². The minimum Gasteiger partial charge on any atom is -0.464 e. The number of hydrogen-bond acceptors (Lipinski definition) is 10. The molecule has 1 saturated heterocycles. The van der Waals surface area contributed by atoms with Crippen LogP contribution in [0.3, 0.4) is 0 Å². The summed E-state index contributed by atoms with van der Waals surface area (Å²) in [6.07, 6.45) is -0.327. The first-order valence-electron chi connectivity index (χ1n) is 11.1. The van der Waals surface area contributed by atoms with Crippen molar-refractivity contribution in [1.29, 1.82) is 0 Å². The Bertz CT molecular complexity index is 1180. The fourth-order valence-electron chi connectivity index (χ4n) is 3.82. The molecule has 1 atom stereocenters. The molecule has 11 nitrogen and oxygen atoms in total. The van der Waals surface area contributed by atoms with Gasteiger partial charge in [-0.25, -0.2) is 24.6 Å². The third-order valence-electron chi connectivity index (χ3n) is 5.42. The molecule has 36 heavy (non-hydrogen) atoms. The van der Waals surface area contributed by atoms with Crippen LogP contribution in [-0.4, -0.2) is 79.9 Å². The highest BCUT2D eigenvalue weighted by atomic mass is 32.1. The molecule has 0 N–H and O–H groups in total. The summed E-state index contributed by atoms with van der Waals surface area (Å²) in [6.45, 7) is 5.26. The van der Waals surface area contributed by atoms with E-state index in [9.17, 15) is 18.0 Å². The smallest absolute Gasteiger partial charge is 0.443 e. The lowest BCUT2D eigenvalue weighted by atomic mass is 10.1. The summed E-state index contributed by atoms with van der Waals surface area (Å²) in [5.74, 6) is 0.316. The highest BCUT2D eigenvalue weighted by Gasteiger charge is 2.38. The molecule has 15 heteroatoms. The van der Waals surface area contributed by atoms with E-state index in [-0.39, 0.29) is 36.8 Å². The van der Waals surface area contributed by atoms with E-state index in [1.807, 2.05) is 11.8 Å². The van der Waals surface area contributed by atoms with Crippen LogP contribution in [0.4, 0.5) is 18.2 Å². The molecular weight excluding hydrogens is 501 g/mol. The summed E-state index contributed by atoms with van der Waals surface area (Å²) in [7, 11) is 1.53. The van der Waals surface area contributed by atoms with E-state index in [0.29, 0.717) is 54.0 Å². The van der Waals surface area contributed by atoms with Gasteiger partial charge in [0.25, 0.3) is 0 Å². The Labute approximate surface area is 208 Å². The molecule has 4 rings (SSSR count). The second-order valence-corrected chi connectivity index (χ2v) is 9.01. The summed E-state index contributed by atoms with van der Waals surface area (Å²) < 4.78 is 52.3. The fourth-order valence-corrected chi connectivity index (χ4v) is 4.82. The summed E-state index contributed by atoms with van der Waals surface area (Å²) in [5, 5.41) is 3.60. The van der Waals surface area contributed by atoms with E-state index in [1.165, 1.54) is 30.5 Å². The van der Waals surface area contributed by atoms with Crippen LogP contribution in [0.25, 0.3) is 11.3 Å². The molecule has 1 aliphatic rings. The molecule has 4 heterocycles. The molecule has 3 aromatic rings. The Morgan fingerprint density at radius 1 is 1.22 bits per heavy atom. The number of halogens is 3. The summed E-state index contributed by atoms with van der Waals surface area (Å²) in [5.41, 5.74) is 0.500. The molecule has 0 aromatic carbocycles.